The molecule has 104 valence electrons. The fraction of sp³-hybridized carbons (Fsp3) is 0. The van der Waals surface area contributed by atoms with E-state index in [9.17, 15) is 9.18 Å². The van der Waals surface area contributed by atoms with E-state index in [4.69, 9.17) is 40.5 Å². The molecule has 0 saturated carbocycles. The van der Waals surface area contributed by atoms with E-state index in [-0.39, 0.29) is 27.1 Å². The highest BCUT2D eigenvalue weighted by atomic mass is 35.5. The molecule has 0 atom stereocenters. The fourth-order valence-corrected chi connectivity index (χ4v) is 2.39. The van der Waals surface area contributed by atoms with Crippen molar-refractivity contribution in [1.82, 2.24) is 4.98 Å². The van der Waals surface area contributed by atoms with E-state index in [0.29, 0.717) is 5.02 Å². The molecule has 2 rings (SSSR count). The highest BCUT2D eigenvalue weighted by Gasteiger charge is 2.16. The van der Waals surface area contributed by atoms with Gasteiger partial charge in [-0.05, 0) is 18.2 Å². The molecule has 4 nitrogen and oxygen atoms in total. The van der Waals surface area contributed by atoms with Gasteiger partial charge in [0, 0.05) is 5.02 Å². The van der Waals surface area contributed by atoms with Crippen molar-refractivity contribution in [1.29, 1.82) is 0 Å². The van der Waals surface area contributed by atoms with Gasteiger partial charge < -0.3 is 11.1 Å². The maximum atomic E-state index is 13.1. The van der Waals surface area contributed by atoms with Crippen molar-refractivity contribution in [2.45, 2.75) is 0 Å². The molecule has 3 N–H and O–H groups in total. The Morgan fingerprint density at radius 2 is 1.80 bits per heavy atom. The van der Waals surface area contributed by atoms with Gasteiger partial charge in [-0.1, -0.05) is 34.8 Å². The number of rotatable bonds is 2. The summed E-state index contributed by atoms with van der Waals surface area (Å²) < 4.78 is 13.1. The molecule has 0 fully saturated rings. The quantitative estimate of drug-likeness (QED) is 0.871. The van der Waals surface area contributed by atoms with E-state index in [0.717, 1.165) is 12.3 Å². The summed E-state index contributed by atoms with van der Waals surface area (Å²) in [6, 6.07) is 3.80. The average molecular weight is 335 g/mol. The molecule has 20 heavy (non-hydrogen) atoms. The largest absolute Gasteiger partial charge is 0.383 e. The molecule has 0 aliphatic carbocycles. The van der Waals surface area contributed by atoms with Crippen molar-refractivity contribution in [2.24, 2.45) is 0 Å². The number of anilines is 2. The number of nitrogens with two attached hydrogens (primary N) is 1. The van der Waals surface area contributed by atoms with Crippen LogP contribution in [-0.4, -0.2) is 10.9 Å². The van der Waals surface area contributed by atoms with Crippen LogP contribution in [0.4, 0.5) is 15.9 Å². The maximum absolute atomic E-state index is 13.1. The van der Waals surface area contributed by atoms with Crippen molar-refractivity contribution in [3.63, 3.8) is 0 Å². The molecule has 2 aromatic rings. The molecule has 0 spiro atoms. The summed E-state index contributed by atoms with van der Waals surface area (Å²) in [4.78, 5) is 15.6. The second kappa shape index (κ2) is 5.83. The summed E-state index contributed by atoms with van der Waals surface area (Å²) in [6.07, 6.45) is 0.911. The Labute approximate surface area is 128 Å². The number of carbonyl (C=O) groups is 1. The number of nitrogens with zero attached hydrogens (tertiary/aromatic N) is 1. The number of pyridine rings is 1. The molecule has 1 amide bonds. The lowest BCUT2D eigenvalue weighted by atomic mass is 10.2. The number of benzene rings is 1. The van der Waals surface area contributed by atoms with Crippen LogP contribution in [0.15, 0.2) is 24.4 Å². The number of halogens is 4. The Morgan fingerprint density at radius 3 is 2.40 bits per heavy atom. The average Bonchev–Trinajstić information content (AvgIpc) is 2.36. The molecule has 0 aliphatic heterocycles. The molecule has 8 heteroatoms. The molecular formula is C12H7Cl3FN3O. The van der Waals surface area contributed by atoms with Gasteiger partial charge >= 0.3 is 0 Å². The minimum Gasteiger partial charge on any atom is -0.383 e. The van der Waals surface area contributed by atoms with Crippen LogP contribution in [0.3, 0.4) is 0 Å². The zero-order valence-electron chi connectivity index (χ0n) is 9.75. The Balaban J connectivity index is 2.35. The van der Waals surface area contributed by atoms with Gasteiger partial charge in [0.2, 0.25) is 0 Å². The SMILES string of the molecule is Nc1ncc(F)cc1C(=O)Nc1c(Cl)cc(Cl)cc1Cl. The number of nitrogen functional groups attached to an aromatic ring is 1. The minimum absolute atomic E-state index is 0.106. The lowest BCUT2D eigenvalue weighted by Gasteiger charge is -2.10. The molecule has 1 aromatic carbocycles. The molecule has 1 aromatic heterocycles. The van der Waals surface area contributed by atoms with Crippen LogP contribution in [-0.2, 0) is 0 Å². The number of hydrogen-bond acceptors (Lipinski definition) is 3. The first-order chi connectivity index (χ1) is 9.38. The highest BCUT2D eigenvalue weighted by Crippen LogP contribution is 2.34. The van der Waals surface area contributed by atoms with Crippen LogP contribution in [0, 0.1) is 5.82 Å². The first-order valence-electron chi connectivity index (χ1n) is 5.25. The summed E-state index contributed by atoms with van der Waals surface area (Å²) in [5, 5.41) is 3.07. The van der Waals surface area contributed by atoms with Crippen molar-refractivity contribution in [3.05, 3.63) is 50.8 Å². The normalized spacial score (nSPS) is 10.4. The van der Waals surface area contributed by atoms with Crippen molar-refractivity contribution in [3.8, 4) is 0 Å². The zero-order valence-corrected chi connectivity index (χ0v) is 12.0. The molecule has 0 radical (unpaired) electrons. The van der Waals surface area contributed by atoms with Gasteiger partial charge in [0.1, 0.15) is 11.6 Å². The van der Waals surface area contributed by atoms with E-state index in [1.54, 1.807) is 0 Å². The number of hydrogen-bond donors (Lipinski definition) is 2. The molecule has 0 bridgehead atoms. The van der Waals surface area contributed by atoms with Crippen LogP contribution in [0.1, 0.15) is 10.4 Å². The molecule has 0 aliphatic rings. The monoisotopic (exact) mass is 333 g/mol. The highest BCUT2D eigenvalue weighted by molar-refractivity contribution is 6.42. The van der Waals surface area contributed by atoms with Crippen LogP contribution < -0.4 is 11.1 Å². The lowest BCUT2D eigenvalue weighted by molar-refractivity contribution is 0.102. The number of nitrogens with one attached hydrogen (secondary N) is 1. The molecule has 0 saturated heterocycles. The predicted molar refractivity (Wildman–Crippen MR) is 78.0 cm³/mol. The molecule has 1 heterocycles. The van der Waals surface area contributed by atoms with E-state index in [1.807, 2.05) is 0 Å². The van der Waals surface area contributed by atoms with Crippen LogP contribution in [0.5, 0.6) is 0 Å². The summed E-state index contributed by atoms with van der Waals surface area (Å²) in [7, 11) is 0. The van der Waals surface area contributed by atoms with Gasteiger partial charge in [-0.15, -0.1) is 0 Å². The summed E-state index contributed by atoms with van der Waals surface area (Å²) in [6.45, 7) is 0. The third kappa shape index (κ3) is 3.12. The van der Waals surface area contributed by atoms with Crippen LogP contribution >= 0.6 is 34.8 Å². The fourth-order valence-electron chi connectivity index (χ4n) is 1.47. The maximum Gasteiger partial charge on any atom is 0.259 e. The Morgan fingerprint density at radius 1 is 1.20 bits per heavy atom. The van der Waals surface area contributed by atoms with Crippen LogP contribution in [0.25, 0.3) is 0 Å². The number of carbonyl (C=O) groups excluding carboxylic acids is 1. The third-order valence-corrected chi connectivity index (χ3v) is 3.19. The van der Waals surface area contributed by atoms with Crippen LogP contribution in [0.2, 0.25) is 15.1 Å². The summed E-state index contributed by atoms with van der Waals surface area (Å²) >= 11 is 17.6. The van der Waals surface area contributed by atoms with Gasteiger partial charge in [0.05, 0.1) is 27.5 Å². The van der Waals surface area contributed by atoms with Gasteiger partial charge in [0.15, 0.2) is 0 Å². The second-order valence-corrected chi connectivity index (χ2v) is 5.04. The van der Waals surface area contributed by atoms with Crippen molar-refractivity contribution >= 4 is 52.2 Å². The van der Waals surface area contributed by atoms with Gasteiger partial charge in [0.25, 0.3) is 5.91 Å². The van der Waals surface area contributed by atoms with Crippen molar-refractivity contribution < 1.29 is 9.18 Å². The first kappa shape index (κ1) is 14.8. The van der Waals surface area contributed by atoms with Gasteiger partial charge in [-0.25, -0.2) is 9.37 Å². The topological polar surface area (TPSA) is 68.0 Å². The molecular weight excluding hydrogens is 328 g/mol. The molecule has 0 unspecified atom stereocenters. The zero-order chi connectivity index (χ0) is 14.9. The minimum atomic E-state index is -0.683. The van der Waals surface area contributed by atoms with Crippen molar-refractivity contribution in [2.75, 3.05) is 11.1 Å². The van der Waals surface area contributed by atoms with E-state index < -0.39 is 11.7 Å². The lowest BCUT2D eigenvalue weighted by Crippen LogP contribution is -2.15. The standard InChI is InChI=1S/C12H7Cl3FN3O/c13-5-1-8(14)10(9(15)2-5)19-12(20)7-3-6(16)4-18-11(7)17/h1-4H,(H2,17,18)(H,19,20). The smallest absolute Gasteiger partial charge is 0.259 e. The number of aromatic nitrogens is 1. The third-order valence-electron chi connectivity index (χ3n) is 2.38. The van der Waals surface area contributed by atoms with Gasteiger partial charge in [-0.3, -0.25) is 4.79 Å². The van der Waals surface area contributed by atoms with E-state index >= 15 is 0 Å². The Hall–Kier alpha value is -1.56. The Kier molecular flexibility index (Phi) is 4.32. The predicted octanol–water partition coefficient (Wildman–Crippen LogP) is 4.02. The Bertz CT molecular complexity index is 671. The second-order valence-electron chi connectivity index (χ2n) is 3.78. The number of amides is 1. The summed E-state index contributed by atoms with van der Waals surface area (Å²) in [5.41, 5.74) is 5.56. The van der Waals surface area contributed by atoms with E-state index in [2.05, 4.69) is 10.3 Å². The van der Waals surface area contributed by atoms with E-state index in [1.165, 1.54) is 12.1 Å². The summed E-state index contributed by atoms with van der Waals surface area (Å²) in [5.74, 6) is -1.47. The first-order valence-corrected chi connectivity index (χ1v) is 6.39. The van der Waals surface area contributed by atoms with Gasteiger partial charge in [-0.2, -0.15) is 0 Å².